The Kier molecular flexibility index (Phi) is 4.10. The summed E-state index contributed by atoms with van der Waals surface area (Å²) in [5.74, 6) is -3.96. The Morgan fingerprint density at radius 3 is 1.78 bits per heavy atom. The highest BCUT2D eigenvalue weighted by Crippen LogP contribution is 2.70. The summed E-state index contributed by atoms with van der Waals surface area (Å²) < 4.78 is 29.4. The average Bonchev–Trinajstić information content (AvgIpc) is 3.29. The van der Waals surface area contributed by atoms with Gasteiger partial charge in [0.1, 0.15) is 0 Å². The van der Waals surface area contributed by atoms with Crippen molar-refractivity contribution in [1.29, 1.82) is 0 Å². The zero-order valence-corrected chi connectivity index (χ0v) is 15.7. The fourth-order valence-electron chi connectivity index (χ4n) is 5.31. The van der Waals surface area contributed by atoms with E-state index in [0.717, 1.165) is 55.0 Å². The van der Waals surface area contributed by atoms with Crippen LogP contribution in [0.15, 0.2) is 48.5 Å². The number of nitrogens with zero attached hydrogens (tertiary/aromatic N) is 2. The monoisotopic (exact) mass is 368 g/mol. The molecule has 5 rings (SSSR count). The highest BCUT2D eigenvalue weighted by molar-refractivity contribution is 5.56. The van der Waals surface area contributed by atoms with Crippen molar-refractivity contribution in [2.75, 3.05) is 32.7 Å². The largest absolute Gasteiger partial charge is 0.301 e. The zero-order valence-electron chi connectivity index (χ0n) is 15.7. The van der Waals surface area contributed by atoms with E-state index in [0.29, 0.717) is 0 Å². The average molecular weight is 368 g/mol. The summed E-state index contributed by atoms with van der Waals surface area (Å²) >= 11 is 0. The summed E-state index contributed by atoms with van der Waals surface area (Å²) in [5.41, 5.74) is 3.87. The molecule has 0 radical (unpaired) electrons. The number of fused-ring (bicyclic) bond motifs is 5. The van der Waals surface area contributed by atoms with Crippen LogP contribution in [0.2, 0.25) is 0 Å². The van der Waals surface area contributed by atoms with Crippen molar-refractivity contribution in [3.05, 3.63) is 70.8 Å². The Morgan fingerprint density at radius 2 is 1.30 bits per heavy atom. The molecule has 3 aliphatic rings. The molecule has 4 heteroatoms. The van der Waals surface area contributed by atoms with Gasteiger partial charge in [-0.05, 0) is 35.2 Å². The first-order valence-corrected chi connectivity index (χ1v) is 10.1. The normalized spacial score (nSPS) is 29.4. The lowest BCUT2D eigenvalue weighted by Gasteiger charge is -2.40. The lowest BCUT2D eigenvalue weighted by atomic mass is 9.90. The predicted molar refractivity (Wildman–Crippen MR) is 103 cm³/mol. The van der Waals surface area contributed by atoms with Crippen molar-refractivity contribution in [2.24, 2.45) is 0 Å². The second-order valence-corrected chi connectivity index (χ2v) is 8.17. The number of alkyl halides is 2. The molecule has 2 fully saturated rings. The van der Waals surface area contributed by atoms with E-state index in [1.54, 1.807) is 0 Å². The molecule has 2 aromatic rings. The second kappa shape index (κ2) is 6.39. The molecule has 27 heavy (non-hydrogen) atoms. The molecule has 2 unspecified atom stereocenters. The van der Waals surface area contributed by atoms with Crippen LogP contribution in [0.25, 0.3) is 0 Å². The molecule has 1 saturated carbocycles. The summed E-state index contributed by atoms with van der Waals surface area (Å²) in [5, 5.41) is 0. The van der Waals surface area contributed by atoms with E-state index in [1.165, 1.54) is 6.42 Å². The van der Waals surface area contributed by atoms with Crippen molar-refractivity contribution in [3.8, 4) is 0 Å². The molecule has 2 aliphatic carbocycles. The van der Waals surface area contributed by atoms with Gasteiger partial charge in [0.2, 0.25) is 0 Å². The molecule has 1 saturated heterocycles. The minimum absolute atomic E-state index is 0.0878. The molecule has 0 N–H and O–H groups in total. The number of benzene rings is 2. The molecule has 2 atom stereocenters. The number of rotatable bonds is 3. The summed E-state index contributed by atoms with van der Waals surface area (Å²) in [6.45, 7) is 7.44. The first kappa shape index (κ1) is 17.3. The van der Waals surface area contributed by atoms with Crippen molar-refractivity contribution >= 4 is 0 Å². The van der Waals surface area contributed by atoms with Gasteiger partial charge in [-0.2, -0.15) is 0 Å². The molecule has 0 amide bonds. The summed E-state index contributed by atoms with van der Waals surface area (Å²) in [6, 6.07) is 15.9. The van der Waals surface area contributed by atoms with Gasteiger partial charge in [0, 0.05) is 26.2 Å². The number of hydrogen-bond acceptors (Lipinski definition) is 2. The van der Waals surface area contributed by atoms with Crippen molar-refractivity contribution in [3.63, 3.8) is 0 Å². The van der Waals surface area contributed by atoms with Gasteiger partial charge < -0.3 is 4.90 Å². The van der Waals surface area contributed by atoms with Crippen molar-refractivity contribution in [1.82, 2.24) is 9.80 Å². The third-order valence-corrected chi connectivity index (χ3v) is 6.62. The smallest absolute Gasteiger partial charge is 0.263 e. The molecule has 0 aromatic heterocycles. The topological polar surface area (TPSA) is 6.48 Å². The fourth-order valence-corrected chi connectivity index (χ4v) is 5.31. The predicted octanol–water partition coefficient (Wildman–Crippen LogP) is 4.63. The van der Waals surface area contributed by atoms with E-state index in [1.807, 2.05) is 36.4 Å². The molecule has 2 aromatic carbocycles. The van der Waals surface area contributed by atoms with Gasteiger partial charge in [0.25, 0.3) is 5.92 Å². The minimum atomic E-state index is -2.63. The maximum atomic E-state index is 14.7. The van der Waals surface area contributed by atoms with Crippen LogP contribution >= 0.6 is 0 Å². The van der Waals surface area contributed by atoms with E-state index in [-0.39, 0.29) is 6.04 Å². The van der Waals surface area contributed by atoms with Crippen LogP contribution in [-0.4, -0.2) is 48.4 Å². The van der Waals surface area contributed by atoms with Gasteiger partial charge in [0.15, 0.2) is 0 Å². The molecule has 0 bridgehead atoms. The fraction of sp³-hybridized carbons (Fsp3) is 0.478. The lowest BCUT2D eigenvalue weighted by Crippen LogP contribution is -2.48. The highest BCUT2D eigenvalue weighted by atomic mass is 19.3. The van der Waals surface area contributed by atoms with Crippen LogP contribution in [0.3, 0.4) is 0 Å². The van der Waals surface area contributed by atoms with Crippen LogP contribution in [0.4, 0.5) is 8.78 Å². The van der Waals surface area contributed by atoms with Gasteiger partial charge >= 0.3 is 0 Å². The zero-order chi connectivity index (χ0) is 18.6. The molecular formula is C23H26F2N2. The van der Waals surface area contributed by atoms with Gasteiger partial charge in [-0.3, -0.25) is 4.90 Å². The maximum Gasteiger partial charge on any atom is 0.263 e. The molecule has 1 heterocycles. The third kappa shape index (κ3) is 2.65. The van der Waals surface area contributed by atoms with E-state index in [9.17, 15) is 8.78 Å². The Bertz CT molecular complexity index is 786. The summed E-state index contributed by atoms with van der Waals surface area (Å²) in [4.78, 5) is 5.02. The third-order valence-electron chi connectivity index (χ3n) is 6.62. The minimum Gasteiger partial charge on any atom is -0.301 e. The van der Waals surface area contributed by atoms with Crippen molar-refractivity contribution < 1.29 is 8.78 Å². The standard InChI is InChI=1S/C23H26F2N2/c1-2-11-26-12-14-27(15-13-26)22-18-9-5-3-7-16(18)20-21(23(20,24)25)17-8-4-6-10-19(17)22/h3-10,20-22H,2,11-15H2,1H3. The molecule has 0 spiro atoms. The van der Waals surface area contributed by atoms with Gasteiger partial charge in [-0.1, -0.05) is 55.5 Å². The first-order chi connectivity index (χ1) is 13.1. The Labute approximate surface area is 159 Å². The summed E-state index contributed by atoms with van der Waals surface area (Å²) in [7, 11) is 0. The van der Waals surface area contributed by atoms with E-state index in [2.05, 4.69) is 28.9 Å². The Balaban J connectivity index is 1.58. The number of hydrogen-bond donors (Lipinski definition) is 0. The Hall–Kier alpha value is -1.78. The summed E-state index contributed by atoms with van der Waals surface area (Å²) in [6.07, 6.45) is 1.17. The lowest BCUT2D eigenvalue weighted by molar-refractivity contribution is 0.0975. The second-order valence-electron chi connectivity index (χ2n) is 8.17. The molecule has 2 nitrogen and oxygen atoms in total. The number of halogens is 2. The molecular weight excluding hydrogens is 342 g/mol. The van der Waals surface area contributed by atoms with Crippen LogP contribution < -0.4 is 0 Å². The van der Waals surface area contributed by atoms with Crippen LogP contribution in [0.5, 0.6) is 0 Å². The maximum absolute atomic E-state index is 14.7. The van der Waals surface area contributed by atoms with E-state index in [4.69, 9.17) is 0 Å². The van der Waals surface area contributed by atoms with Crippen LogP contribution in [0.1, 0.15) is 53.5 Å². The van der Waals surface area contributed by atoms with Crippen LogP contribution in [-0.2, 0) is 0 Å². The van der Waals surface area contributed by atoms with Gasteiger partial charge in [0.05, 0.1) is 17.9 Å². The molecule has 1 aliphatic heterocycles. The number of piperazine rings is 1. The first-order valence-electron chi connectivity index (χ1n) is 10.1. The van der Waals surface area contributed by atoms with Gasteiger partial charge in [-0.25, -0.2) is 8.78 Å². The van der Waals surface area contributed by atoms with Gasteiger partial charge in [-0.15, -0.1) is 0 Å². The molecule has 142 valence electrons. The Morgan fingerprint density at radius 1 is 0.815 bits per heavy atom. The van der Waals surface area contributed by atoms with Crippen LogP contribution in [0, 0.1) is 0 Å². The van der Waals surface area contributed by atoms with Crippen molar-refractivity contribution in [2.45, 2.75) is 37.1 Å². The van der Waals surface area contributed by atoms with E-state index >= 15 is 0 Å². The quantitative estimate of drug-likeness (QED) is 0.779. The SMILES string of the molecule is CCCN1CCN(C2c3ccccc3C3C(c4ccccc42)C3(F)F)CC1. The van der Waals surface area contributed by atoms with E-state index < -0.39 is 17.8 Å². The highest BCUT2D eigenvalue weighted by Gasteiger charge is 2.71.